The molecule has 0 saturated carbocycles. The average Bonchev–Trinajstić information content (AvgIpc) is 2.47. The predicted molar refractivity (Wildman–Crippen MR) is 86.0 cm³/mol. The molecule has 1 aliphatic rings. The first kappa shape index (κ1) is 13.8. The number of rotatable bonds is 3. The van der Waals surface area contributed by atoms with Gasteiger partial charge < -0.3 is 10.2 Å². The van der Waals surface area contributed by atoms with Crippen molar-refractivity contribution >= 4 is 32.7 Å². The summed E-state index contributed by atoms with van der Waals surface area (Å²) in [6.45, 7) is 5.68. The molecule has 106 valence electrons. The van der Waals surface area contributed by atoms with Gasteiger partial charge in [0.15, 0.2) is 0 Å². The number of anilines is 1. The van der Waals surface area contributed by atoms with Crippen LogP contribution in [0.3, 0.4) is 0 Å². The van der Waals surface area contributed by atoms with Crippen molar-refractivity contribution < 1.29 is 0 Å². The number of likely N-dealkylation sites (tertiary alicyclic amines) is 1. The molecule has 0 amide bonds. The third-order valence-corrected chi connectivity index (χ3v) is 4.29. The molecule has 1 saturated heterocycles. The molecule has 0 radical (unpaired) electrons. The lowest BCUT2D eigenvalue weighted by molar-refractivity contribution is 0.227. The third kappa shape index (κ3) is 2.94. The largest absolute Gasteiger partial charge is 0.379 e. The van der Waals surface area contributed by atoms with E-state index in [0.29, 0.717) is 6.04 Å². The van der Waals surface area contributed by atoms with E-state index in [1.165, 1.54) is 19.4 Å². The maximum atomic E-state index is 4.50. The Hall–Kier alpha value is -1.20. The maximum absolute atomic E-state index is 4.50. The minimum atomic E-state index is 0.500. The molecule has 3 heterocycles. The number of fused-ring (bicyclic) bond motifs is 1. The Morgan fingerprint density at radius 1 is 1.45 bits per heavy atom. The number of pyridine rings is 2. The minimum Gasteiger partial charge on any atom is -0.379 e. The van der Waals surface area contributed by atoms with Gasteiger partial charge in [0.25, 0.3) is 0 Å². The minimum absolute atomic E-state index is 0.500. The number of nitrogens with one attached hydrogen (secondary N) is 1. The summed E-state index contributed by atoms with van der Waals surface area (Å²) in [5.41, 5.74) is 2.96. The van der Waals surface area contributed by atoms with Crippen molar-refractivity contribution in [2.24, 2.45) is 0 Å². The van der Waals surface area contributed by atoms with E-state index >= 15 is 0 Å². The van der Waals surface area contributed by atoms with Crippen LogP contribution in [0.1, 0.15) is 19.8 Å². The van der Waals surface area contributed by atoms with Crippen molar-refractivity contribution in [2.45, 2.75) is 25.8 Å². The van der Waals surface area contributed by atoms with Gasteiger partial charge in [-0.15, -0.1) is 0 Å². The lowest BCUT2D eigenvalue weighted by Crippen LogP contribution is -2.41. The lowest BCUT2D eigenvalue weighted by Gasteiger charge is -2.32. The van der Waals surface area contributed by atoms with Gasteiger partial charge in [0.1, 0.15) is 5.52 Å². The van der Waals surface area contributed by atoms with Gasteiger partial charge in [0.05, 0.1) is 11.2 Å². The zero-order valence-electron chi connectivity index (χ0n) is 11.6. The number of halogens is 1. The Labute approximate surface area is 127 Å². The Balaban J connectivity index is 1.83. The molecule has 4 nitrogen and oxygen atoms in total. The second kappa shape index (κ2) is 6.06. The number of aromatic nitrogens is 2. The summed E-state index contributed by atoms with van der Waals surface area (Å²) in [5.74, 6) is 0. The summed E-state index contributed by atoms with van der Waals surface area (Å²) < 4.78 is 0.962. The number of nitrogens with zero attached hydrogens (tertiary/aromatic N) is 3. The van der Waals surface area contributed by atoms with Crippen LogP contribution in [0.15, 0.2) is 29.0 Å². The number of likely N-dealkylation sites (N-methyl/N-ethyl adjacent to an activating group) is 1. The fourth-order valence-corrected chi connectivity index (χ4v) is 3.12. The quantitative estimate of drug-likeness (QED) is 0.935. The van der Waals surface area contributed by atoms with Crippen LogP contribution in [0.25, 0.3) is 11.0 Å². The van der Waals surface area contributed by atoms with E-state index in [1.807, 2.05) is 24.5 Å². The molecule has 1 atom stereocenters. The SMILES string of the molecule is CCN1CCCC(Nc2ccnc3cc(Br)cnc23)C1. The van der Waals surface area contributed by atoms with E-state index in [0.717, 1.165) is 34.3 Å². The summed E-state index contributed by atoms with van der Waals surface area (Å²) in [6.07, 6.45) is 6.15. The Kier molecular flexibility index (Phi) is 4.17. The summed E-state index contributed by atoms with van der Waals surface area (Å²) >= 11 is 3.44. The zero-order chi connectivity index (χ0) is 13.9. The number of piperidine rings is 1. The molecule has 0 aromatic carbocycles. The monoisotopic (exact) mass is 334 g/mol. The van der Waals surface area contributed by atoms with Crippen LogP contribution in [-0.2, 0) is 0 Å². The highest BCUT2D eigenvalue weighted by Gasteiger charge is 2.19. The molecule has 3 rings (SSSR count). The normalized spacial score (nSPS) is 20.2. The van der Waals surface area contributed by atoms with Crippen LogP contribution in [-0.4, -0.2) is 40.5 Å². The smallest absolute Gasteiger partial charge is 0.112 e. The van der Waals surface area contributed by atoms with Gasteiger partial charge >= 0.3 is 0 Å². The average molecular weight is 335 g/mol. The molecule has 0 aliphatic carbocycles. The Morgan fingerprint density at radius 3 is 3.20 bits per heavy atom. The van der Waals surface area contributed by atoms with Gasteiger partial charge in [-0.2, -0.15) is 0 Å². The highest BCUT2D eigenvalue weighted by atomic mass is 79.9. The van der Waals surface area contributed by atoms with E-state index < -0.39 is 0 Å². The van der Waals surface area contributed by atoms with E-state index in [-0.39, 0.29) is 0 Å². The first-order chi connectivity index (χ1) is 9.76. The molecular formula is C15H19BrN4. The van der Waals surface area contributed by atoms with Gasteiger partial charge in [-0.25, -0.2) is 0 Å². The topological polar surface area (TPSA) is 41.0 Å². The van der Waals surface area contributed by atoms with E-state index in [4.69, 9.17) is 0 Å². The van der Waals surface area contributed by atoms with Gasteiger partial charge in [-0.3, -0.25) is 9.97 Å². The van der Waals surface area contributed by atoms with Crippen molar-refractivity contribution in [1.29, 1.82) is 0 Å². The first-order valence-electron chi connectivity index (χ1n) is 7.15. The van der Waals surface area contributed by atoms with Crippen molar-refractivity contribution in [3.05, 3.63) is 29.0 Å². The molecule has 0 bridgehead atoms. The molecule has 1 fully saturated rings. The highest BCUT2D eigenvalue weighted by molar-refractivity contribution is 9.10. The van der Waals surface area contributed by atoms with Crippen molar-refractivity contribution in [1.82, 2.24) is 14.9 Å². The van der Waals surface area contributed by atoms with Gasteiger partial charge in [0, 0.05) is 29.5 Å². The second-order valence-electron chi connectivity index (χ2n) is 5.26. The molecular weight excluding hydrogens is 316 g/mol. The molecule has 5 heteroatoms. The molecule has 1 aliphatic heterocycles. The number of hydrogen-bond donors (Lipinski definition) is 1. The van der Waals surface area contributed by atoms with Crippen molar-refractivity contribution in [2.75, 3.05) is 25.0 Å². The number of hydrogen-bond acceptors (Lipinski definition) is 4. The molecule has 2 aromatic rings. The zero-order valence-corrected chi connectivity index (χ0v) is 13.2. The Morgan fingerprint density at radius 2 is 2.35 bits per heavy atom. The molecule has 1 unspecified atom stereocenters. The molecule has 0 spiro atoms. The summed E-state index contributed by atoms with van der Waals surface area (Å²) in [4.78, 5) is 11.4. The summed E-state index contributed by atoms with van der Waals surface area (Å²) in [7, 11) is 0. The molecule has 1 N–H and O–H groups in total. The van der Waals surface area contributed by atoms with Crippen LogP contribution in [0, 0.1) is 0 Å². The van der Waals surface area contributed by atoms with Crippen LogP contribution >= 0.6 is 15.9 Å². The Bertz CT molecular complexity index is 601. The van der Waals surface area contributed by atoms with Gasteiger partial charge in [-0.1, -0.05) is 6.92 Å². The lowest BCUT2D eigenvalue weighted by atomic mass is 10.1. The highest BCUT2D eigenvalue weighted by Crippen LogP contribution is 2.24. The van der Waals surface area contributed by atoms with Crippen molar-refractivity contribution in [3.8, 4) is 0 Å². The van der Waals surface area contributed by atoms with Gasteiger partial charge in [0.2, 0.25) is 0 Å². The maximum Gasteiger partial charge on any atom is 0.112 e. The third-order valence-electron chi connectivity index (χ3n) is 3.86. The fourth-order valence-electron chi connectivity index (χ4n) is 2.80. The summed E-state index contributed by atoms with van der Waals surface area (Å²) in [5, 5.41) is 3.65. The van der Waals surface area contributed by atoms with Crippen molar-refractivity contribution in [3.63, 3.8) is 0 Å². The standard InChI is InChI=1S/C15H19BrN4/c1-2-20-7-3-4-12(10-20)19-13-5-6-17-14-8-11(16)9-18-15(13)14/h5-6,8-9,12H,2-4,7,10H2,1H3,(H,17,19). The fraction of sp³-hybridized carbons (Fsp3) is 0.467. The van der Waals surface area contributed by atoms with Crippen LogP contribution in [0.5, 0.6) is 0 Å². The van der Waals surface area contributed by atoms with Gasteiger partial charge in [-0.05, 0) is 54.0 Å². The molecule has 20 heavy (non-hydrogen) atoms. The van der Waals surface area contributed by atoms with E-state index in [9.17, 15) is 0 Å². The van der Waals surface area contributed by atoms with E-state index in [2.05, 4.69) is 43.0 Å². The van der Waals surface area contributed by atoms with E-state index in [1.54, 1.807) is 0 Å². The van der Waals surface area contributed by atoms with Crippen LogP contribution in [0.4, 0.5) is 5.69 Å². The first-order valence-corrected chi connectivity index (χ1v) is 7.94. The molecule has 2 aromatic heterocycles. The summed E-state index contributed by atoms with van der Waals surface area (Å²) in [6, 6.07) is 4.53. The second-order valence-corrected chi connectivity index (χ2v) is 6.17. The van der Waals surface area contributed by atoms with Crippen LogP contribution in [0.2, 0.25) is 0 Å². The van der Waals surface area contributed by atoms with Crippen LogP contribution < -0.4 is 5.32 Å². The predicted octanol–water partition coefficient (Wildman–Crippen LogP) is 3.29.